The van der Waals surface area contributed by atoms with Crippen molar-refractivity contribution in [1.29, 1.82) is 0 Å². The molecule has 11 heavy (non-hydrogen) atoms. The van der Waals surface area contributed by atoms with Crippen LogP contribution >= 0.6 is 0 Å². The molecular formula is C6H10N2O3. The second-order valence-corrected chi connectivity index (χ2v) is 2.07. The summed E-state index contributed by atoms with van der Waals surface area (Å²) in [6.07, 6.45) is 0.288. The number of hydrogen-bond acceptors (Lipinski definition) is 3. The summed E-state index contributed by atoms with van der Waals surface area (Å²) < 4.78 is 0. The molecule has 2 amide bonds. The SMILES string of the molecule is CCC(=O)NC(C)C(=O)N=O. The number of amides is 2. The summed E-state index contributed by atoms with van der Waals surface area (Å²) in [5.74, 6) is -1.12. The largest absolute Gasteiger partial charge is 0.344 e. The Morgan fingerprint density at radius 3 is 2.45 bits per heavy atom. The van der Waals surface area contributed by atoms with E-state index in [1.807, 2.05) is 0 Å². The zero-order chi connectivity index (χ0) is 8.85. The van der Waals surface area contributed by atoms with Gasteiger partial charge in [-0.25, -0.2) is 0 Å². The van der Waals surface area contributed by atoms with Gasteiger partial charge in [-0.1, -0.05) is 6.92 Å². The topological polar surface area (TPSA) is 75.6 Å². The van der Waals surface area contributed by atoms with Crippen LogP contribution in [0.3, 0.4) is 0 Å². The van der Waals surface area contributed by atoms with Crippen LogP contribution in [0, 0.1) is 4.91 Å². The maximum atomic E-state index is 10.6. The van der Waals surface area contributed by atoms with Gasteiger partial charge < -0.3 is 5.32 Å². The van der Waals surface area contributed by atoms with E-state index < -0.39 is 11.9 Å². The van der Waals surface area contributed by atoms with Crippen LogP contribution in [0.2, 0.25) is 0 Å². The standard InChI is InChI=1S/C6H10N2O3/c1-3-5(9)7-4(2)6(10)8-11/h4H,3H2,1-2H3,(H,7,9). The van der Waals surface area contributed by atoms with Gasteiger partial charge in [0.1, 0.15) is 6.04 Å². The predicted molar refractivity (Wildman–Crippen MR) is 38.7 cm³/mol. The van der Waals surface area contributed by atoms with E-state index in [1.54, 1.807) is 6.92 Å². The van der Waals surface area contributed by atoms with Crippen LogP contribution in [-0.2, 0) is 9.59 Å². The van der Waals surface area contributed by atoms with Crippen LogP contribution in [0.4, 0.5) is 0 Å². The monoisotopic (exact) mass is 158 g/mol. The molecule has 0 heterocycles. The fourth-order valence-electron chi connectivity index (χ4n) is 0.484. The normalized spacial score (nSPS) is 11.8. The molecule has 0 bridgehead atoms. The lowest BCUT2D eigenvalue weighted by Crippen LogP contribution is -2.37. The summed E-state index contributed by atoms with van der Waals surface area (Å²) in [6.45, 7) is 3.07. The lowest BCUT2D eigenvalue weighted by Gasteiger charge is -2.06. The third kappa shape index (κ3) is 3.44. The molecule has 0 radical (unpaired) electrons. The number of nitrogens with zero attached hydrogens (tertiary/aromatic N) is 1. The maximum Gasteiger partial charge on any atom is 0.308 e. The van der Waals surface area contributed by atoms with Gasteiger partial charge in [-0.2, -0.15) is 0 Å². The maximum absolute atomic E-state index is 10.6. The van der Waals surface area contributed by atoms with Gasteiger partial charge in [0.25, 0.3) is 0 Å². The highest BCUT2D eigenvalue weighted by Crippen LogP contribution is 1.87. The Morgan fingerprint density at radius 1 is 1.55 bits per heavy atom. The minimum Gasteiger partial charge on any atom is -0.344 e. The summed E-state index contributed by atoms with van der Waals surface area (Å²) in [5, 5.41) is 4.47. The number of carbonyl (C=O) groups is 2. The van der Waals surface area contributed by atoms with Gasteiger partial charge in [0.2, 0.25) is 5.91 Å². The first-order valence-electron chi connectivity index (χ1n) is 3.28. The predicted octanol–water partition coefficient (Wildman–Crippen LogP) is 0.194. The van der Waals surface area contributed by atoms with Crippen molar-refractivity contribution in [1.82, 2.24) is 5.32 Å². The van der Waals surface area contributed by atoms with Gasteiger partial charge in [0, 0.05) is 11.6 Å². The van der Waals surface area contributed by atoms with E-state index in [1.165, 1.54) is 6.92 Å². The van der Waals surface area contributed by atoms with E-state index in [-0.39, 0.29) is 12.3 Å². The van der Waals surface area contributed by atoms with Gasteiger partial charge in [0.05, 0.1) is 0 Å². The summed E-state index contributed by atoms with van der Waals surface area (Å²) in [7, 11) is 0. The van der Waals surface area contributed by atoms with Gasteiger partial charge in [-0.15, -0.1) is 4.91 Å². The molecule has 0 fully saturated rings. The Labute approximate surface area is 64.1 Å². The molecule has 1 atom stereocenters. The van der Waals surface area contributed by atoms with E-state index in [2.05, 4.69) is 10.5 Å². The van der Waals surface area contributed by atoms with Crippen LogP contribution in [-0.4, -0.2) is 17.9 Å². The molecule has 0 aliphatic rings. The molecule has 1 N–H and O–H groups in total. The molecule has 5 heteroatoms. The highest BCUT2D eigenvalue weighted by atomic mass is 16.3. The first-order valence-corrected chi connectivity index (χ1v) is 3.28. The quantitative estimate of drug-likeness (QED) is 0.596. The third-order valence-corrected chi connectivity index (χ3v) is 1.16. The molecule has 0 aromatic heterocycles. The molecule has 0 aromatic carbocycles. The first kappa shape index (κ1) is 9.74. The van der Waals surface area contributed by atoms with Gasteiger partial charge >= 0.3 is 5.91 Å². The number of hydrogen-bond donors (Lipinski definition) is 1. The van der Waals surface area contributed by atoms with Crippen LogP contribution in [0.1, 0.15) is 20.3 Å². The van der Waals surface area contributed by atoms with Crippen molar-refractivity contribution in [2.75, 3.05) is 0 Å². The summed E-state index contributed by atoms with van der Waals surface area (Å²) in [5.41, 5.74) is 0. The number of rotatable bonds is 3. The van der Waals surface area contributed by atoms with Crippen LogP contribution < -0.4 is 5.32 Å². The fourth-order valence-corrected chi connectivity index (χ4v) is 0.484. The lowest BCUT2D eigenvalue weighted by molar-refractivity contribution is -0.126. The van der Waals surface area contributed by atoms with Gasteiger partial charge in [-0.3, -0.25) is 9.59 Å². The second-order valence-electron chi connectivity index (χ2n) is 2.07. The van der Waals surface area contributed by atoms with Crippen molar-refractivity contribution in [3.63, 3.8) is 0 Å². The summed E-state index contributed by atoms with van der Waals surface area (Å²) >= 11 is 0. The van der Waals surface area contributed by atoms with Crippen molar-refractivity contribution in [2.45, 2.75) is 26.3 Å². The van der Waals surface area contributed by atoms with Gasteiger partial charge in [0.15, 0.2) is 0 Å². The second kappa shape index (κ2) is 4.54. The molecule has 62 valence electrons. The van der Waals surface area contributed by atoms with Crippen LogP contribution in [0.15, 0.2) is 5.18 Å². The molecular weight excluding hydrogens is 148 g/mol. The average molecular weight is 158 g/mol. The zero-order valence-corrected chi connectivity index (χ0v) is 6.46. The minimum absolute atomic E-state index is 0.269. The average Bonchev–Trinajstić information content (AvgIpc) is 2.02. The highest BCUT2D eigenvalue weighted by molar-refractivity contribution is 5.87. The van der Waals surface area contributed by atoms with E-state index in [0.717, 1.165) is 0 Å². The molecule has 0 rings (SSSR count). The Hall–Kier alpha value is -1.26. The first-order chi connectivity index (χ1) is 5.11. The molecule has 5 nitrogen and oxygen atoms in total. The third-order valence-electron chi connectivity index (χ3n) is 1.16. The zero-order valence-electron chi connectivity index (χ0n) is 6.46. The summed E-state index contributed by atoms with van der Waals surface area (Å²) in [4.78, 5) is 30.8. The van der Waals surface area contributed by atoms with Crippen molar-refractivity contribution in [3.05, 3.63) is 4.91 Å². The van der Waals surface area contributed by atoms with Crippen molar-refractivity contribution in [3.8, 4) is 0 Å². The number of nitrogens with one attached hydrogen (secondary N) is 1. The van der Waals surface area contributed by atoms with E-state index in [9.17, 15) is 14.5 Å². The Kier molecular flexibility index (Phi) is 4.02. The Balaban J connectivity index is 3.86. The number of carbonyl (C=O) groups excluding carboxylic acids is 2. The number of nitroso groups, excluding NO2 is 1. The van der Waals surface area contributed by atoms with Crippen molar-refractivity contribution < 1.29 is 9.59 Å². The van der Waals surface area contributed by atoms with E-state index >= 15 is 0 Å². The van der Waals surface area contributed by atoms with Crippen LogP contribution in [0.5, 0.6) is 0 Å². The molecule has 0 aliphatic carbocycles. The molecule has 0 saturated heterocycles. The van der Waals surface area contributed by atoms with Crippen molar-refractivity contribution in [2.24, 2.45) is 5.18 Å². The van der Waals surface area contributed by atoms with Gasteiger partial charge in [-0.05, 0) is 6.92 Å². The van der Waals surface area contributed by atoms with Crippen LogP contribution in [0.25, 0.3) is 0 Å². The van der Waals surface area contributed by atoms with Crippen molar-refractivity contribution >= 4 is 11.8 Å². The molecule has 1 unspecified atom stereocenters. The molecule has 0 aromatic rings. The lowest BCUT2D eigenvalue weighted by atomic mass is 10.3. The molecule has 0 spiro atoms. The fraction of sp³-hybridized carbons (Fsp3) is 0.667. The highest BCUT2D eigenvalue weighted by Gasteiger charge is 2.14. The minimum atomic E-state index is -0.855. The summed E-state index contributed by atoms with van der Waals surface area (Å²) in [6, 6.07) is -0.806. The Morgan fingerprint density at radius 2 is 2.09 bits per heavy atom. The molecule has 0 saturated carbocycles. The van der Waals surface area contributed by atoms with E-state index in [4.69, 9.17) is 0 Å². The Bertz CT molecular complexity index is 179. The smallest absolute Gasteiger partial charge is 0.308 e. The van der Waals surface area contributed by atoms with E-state index in [0.29, 0.717) is 0 Å². The molecule has 0 aliphatic heterocycles.